The lowest BCUT2D eigenvalue weighted by molar-refractivity contribution is -0.125. The van der Waals surface area contributed by atoms with E-state index in [1.54, 1.807) is 38.3 Å². The molecule has 1 heterocycles. The van der Waals surface area contributed by atoms with Gasteiger partial charge in [-0.3, -0.25) is 4.79 Å². The number of methoxy groups -OCH3 is 2. The van der Waals surface area contributed by atoms with Crippen LogP contribution in [-0.4, -0.2) is 37.2 Å². The highest BCUT2D eigenvalue weighted by Crippen LogP contribution is 2.30. The van der Waals surface area contributed by atoms with Crippen molar-refractivity contribution in [2.24, 2.45) is 0 Å². The van der Waals surface area contributed by atoms with Gasteiger partial charge in [-0.15, -0.1) is 0 Å². The van der Waals surface area contributed by atoms with Crippen LogP contribution in [-0.2, 0) is 17.9 Å². The van der Waals surface area contributed by atoms with Crippen LogP contribution in [0.15, 0.2) is 53.1 Å². The van der Waals surface area contributed by atoms with Crippen molar-refractivity contribution in [3.05, 3.63) is 76.7 Å². The van der Waals surface area contributed by atoms with Crippen LogP contribution >= 0.6 is 0 Å². The molecular formula is C25H28N2O5. The zero-order valence-corrected chi connectivity index (χ0v) is 19.0. The summed E-state index contributed by atoms with van der Waals surface area (Å²) in [7, 11) is 4.98. The Bertz CT molecular complexity index is 1070. The minimum Gasteiger partial charge on any atom is -0.497 e. The van der Waals surface area contributed by atoms with Crippen LogP contribution in [0.1, 0.15) is 28.1 Å². The van der Waals surface area contributed by atoms with E-state index in [4.69, 9.17) is 18.7 Å². The smallest absolute Gasteiger partial charge is 0.246 e. The summed E-state index contributed by atoms with van der Waals surface area (Å²) in [6.07, 6.45) is 3.30. The Morgan fingerprint density at radius 2 is 1.81 bits per heavy atom. The molecule has 0 unspecified atom stereocenters. The first-order valence-electron chi connectivity index (χ1n) is 10.2. The minimum absolute atomic E-state index is 0.0986. The van der Waals surface area contributed by atoms with Gasteiger partial charge in [-0.05, 0) is 55.3 Å². The Balaban J connectivity index is 1.62. The summed E-state index contributed by atoms with van der Waals surface area (Å²) in [5.41, 5.74) is 3.58. The Labute approximate surface area is 188 Å². The Morgan fingerprint density at radius 3 is 2.44 bits per heavy atom. The lowest BCUT2D eigenvalue weighted by Crippen LogP contribution is -2.24. The van der Waals surface area contributed by atoms with Gasteiger partial charge in [0.05, 0.1) is 25.5 Å². The van der Waals surface area contributed by atoms with Gasteiger partial charge < -0.3 is 23.6 Å². The maximum absolute atomic E-state index is 12.5. The van der Waals surface area contributed by atoms with Crippen LogP contribution in [0.4, 0.5) is 0 Å². The highest BCUT2D eigenvalue weighted by Gasteiger charge is 2.12. The van der Waals surface area contributed by atoms with Gasteiger partial charge in [0.25, 0.3) is 0 Å². The van der Waals surface area contributed by atoms with Crippen molar-refractivity contribution in [2.75, 3.05) is 21.3 Å². The number of benzene rings is 2. The van der Waals surface area contributed by atoms with Gasteiger partial charge >= 0.3 is 0 Å². The van der Waals surface area contributed by atoms with Crippen molar-refractivity contribution >= 4 is 12.0 Å². The predicted molar refractivity (Wildman–Crippen MR) is 122 cm³/mol. The molecule has 0 saturated carbocycles. The van der Waals surface area contributed by atoms with Crippen molar-refractivity contribution < 1.29 is 23.5 Å². The lowest BCUT2D eigenvalue weighted by atomic mass is 10.1. The normalized spacial score (nSPS) is 10.9. The number of carbonyl (C=O) groups excluding carboxylic acids is 1. The van der Waals surface area contributed by atoms with Gasteiger partial charge in [-0.25, -0.2) is 0 Å². The molecule has 168 valence electrons. The Kier molecular flexibility index (Phi) is 7.54. The minimum atomic E-state index is -0.0986. The number of nitrogens with zero attached hydrogens (tertiary/aromatic N) is 2. The molecule has 1 amide bonds. The molecule has 7 nitrogen and oxygen atoms in total. The highest BCUT2D eigenvalue weighted by atomic mass is 16.5. The first-order valence-corrected chi connectivity index (χ1v) is 10.2. The molecule has 0 radical (unpaired) electrons. The molecule has 7 heteroatoms. The van der Waals surface area contributed by atoms with Gasteiger partial charge in [-0.1, -0.05) is 23.4 Å². The standard InChI is InChI=1S/C25H28N2O5/c1-17-22(18(2)32-26-17)16-31-23-12-8-19(14-24(23)30-5)9-13-25(28)27(3)15-20-6-10-21(29-4)11-7-20/h6-14H,15-16H2,1-5H3/b13-9+. The summed E-state index contributed by atoms with van der Waals surface area (Å²) in [6.45, 7) is 4.57. The van der Waals surface area contributed by atoms with Crippen LogP contribution in [0.2, 0.25) is 0 Å². The third-order valence-electron chi connectivity index (χ3n) is 5.11. The van der Waals surface area contributed by atoms with E-state index in [1.165, 1.54) is 0 Å². The molecule has 1 aromatic heterocycles. The second-order valence-corrected chi connectivity index (χ2v) is 7.38. The number of ether oxygens (including phenoxy) is 3. The number of hydrogen-bond donors (Lipinski definition) is 0. The molecule has 0 N–H and O–H groups in total. The van der Waals surface area contributed by atoms with Crippen LogP contribution in [0.5, 0.6) is 17.2 Å². The molecule has 0 atom stereocenters. The topological polar surface area (TPSA) is 74.0 Å². The molecule has 0 saturated heterocycles. The zero-order valence-electron chi connectivity index (χ0n) is 19.0. The van der Waals surface area contributed by atoms with Crippen molar-refractivity contribution in [1.29, 1.82) is 0 Å². The molecule has 32 heavy (non-hydrogen) atoms. The number of aryl methyl sites for hydroxylation is 2. The van der Waals surface area contributed by atoms with E-state index in [9.17, 15) is 4.79 Å². The van der Waals surface area contributed by atoms with Gasteiger partial charge in [0, 0.05) is 19.7 Å². The van der Waals surface area contributed by atoms with E-state index in [-0.39, 0.29) is 5.91 Å². The maximum Gasteiger partial charge on any atom is 0.246 e. The van der Waals surface area contributed by atoms with Crippen LogP contribution in [0, 0.1) is 13.8 Å². The molecule has 0 spiro atoms. The molecule has 0 bridgehead atoms. The quantitative estimate of drug-likeness (QED) is 0.458. The first kappa shape index (κ1) is 22.9. The lowest BCUT2D eigenvalue weighted by Gasteiger charge is -2.15. The molecule has 0 aliphatic heterocycles. The fourth-order valence-electron chi connectivity index (χ4n) is 3.14. The zero-order chi connectivity index (χ0) is 23.1. The third-order valence-corrected chi connectivity index (χ3v) is 5.11. The average molecular weight is 437 g/mol. The van der Waals surface area contributed by atoms with Crippen molar-refractivity contribution in [3.63, 3.8) is 0 Å². The molecular weight excluding hydrogens is 408 g/mol. The number of aromatic nitrogens is 1. The van der Waals surface area contributed by atoms with E-state index in [0.29, 0.717) is 24.7 Å². The monoisotopic (exact) mass is 436 g/mol. The van der Waals surface area contributed by atoms with Gasteiger partial charge in [0.15, 0.2) is 11.5 Å². The largest absolute Gasteiger partial charge is 0.497 e. The average Bonchev–Trinajstić information content (AvgIpc) is 3.13. The molecule has 3 rings (SSSR count). The molecule has 2 aromatic carbocycles. The van der Waals surface area contributed by atoms with E-state index >= 15 is 0 Å². The predicted octanol–water partition coefficient (Wildman–Crippen LogP) is 4.56. The molecule has 0 aliphatic rings. The summed E-state index contributed by atoms with van der Waals surface area (Å²) < 4.78 is 21.7. The second-order valence-electron chi connectivity index (χ2n) is 7.38. The first-order chi connectivity index (χ1) is 15.4. The number of hydrogen-bond acceptors (Lipinski definition) is 6. The van der Waals surface area contributed by atoms with Crippen LogP contribution < -0.4 is 14.2 Å². The van der Waals surface area contributed by atoms with E-state index < -0.39 is 0 Å². The molecule has 0 fully saturated rings. The van der Waals surface area contributed by atoms with Crippen molar-refractivity contribution in [2.45, 2.75) is 27.0 Å². The highest BCUT2D eigenvalue weighted by molar-refractivity contribution is 5.91. The summed E-state index contributed by atoms with van der Waals surface area (Å²) in [4.78, 5) is 14.2. The Morgan fingerprint density at radius 1 is 1.06 bits per heavy atom. The van der Waals surface area contributed by atoms with Crippen LogP contribution in [0.3, 0.4) is 0 Å². The van der Waals surface area contributed by atoms with E-state index in [0.717, 1.165) is 33.9 Å². The molecule has 0 aliphatic carbocycles. The fourth-order valence-corrected chi connectivity index (χ4v) is 3.14. The second kappa shape index (κ2) is 10.5. The van der Waals surface area contributed by atoms with E-state index in [2.05, 4.69) is 5.16 Å². The maximum atomic E-state index is 12.5. The van der Waals surface area contributed by atoms with Gasteiger partial charge in [0.2, 0.25) is 5.91 Å². The number of carbonyl (C=O) groups is 1. The summed E-state index contributed by atoms with van der Waals surface area (Å²) in [5, 5.41) is 3.94. The Hall–Kier alpha value is -3.74. The summed E-state index contributed by atoms with van der Waals surface area (Å²) in [6, 6.07) is 13.2. The van der Waals surface area contributed by atoms with Gasteiger partial charge in [0.1, 0.15) is 18.1 Å². The van der Waals surface area contributed by atoms with Crippen LogP contribution in [0.25, 0.3) is 6.08 Å². The summed E-state index contributed by atoms with van der Waals surface area (Å²) >= 11 is 0. The molecule has 3 aromatic rings. The number of rotatable bonds is 9. The number of amides is 1. The third kappa shape index (κ3) is 5.69. The van der Waals surface area contributed by atoms with Crippen molar-refractivity contribution in [1.82, 2.24) is 10.1 Å². The van der Waals surface area contributed by atoms with Crippen molar-refractivity contribution in [3.8, 4) is 17.2 Å². The summed E-state index contributed by atoms with van der Waals surface area (Å²) in [5.74, 6) is 2.61. The van der Waals surface area contributed by atoms with E-state index in [1.807, 2.05) is 56.3 Å². The number of likely N-dealkylation sites (N-methyl/N-ethyl adjacent to an activating group) is 1. The fraction of sp³-hybridized carbons (Fsp3) is 0.280. The van der Waals surface area contributed by atoms with Gasteiger partial charge in [-0.2, -0.15) is 0 Å². The SMILES string of the molecule is COc1ccc(CN(C)C(=O)/C=C/c2ccc(OCc3c(C)noc3C)c(OC)c2)cc1.